The fraction of sp³-hybridized carbons (Fsp3) is 0.429. The van der Waals surface area contributed by atoms with E-state index >= 15 is 0 Å². The first kappa shape index (κ1) is 19.2. The quantitative estimate of drug-likeness (QED) is 0.774. The van der Waals surface area contributed by atoms with Crippen LogP contribution in [0.2, 0.25) is 0 Å². The lowest BCUT2D eigenvalue weighted by atomic mass is 9.91. The van der Waals surface area contributed by atoms with E-state index in [4.69, 9.17) is 15.2 Å². The average Bonchev–Trinajstić information content (AvgIpc) is 2.99. The number of fused-ring (bicyclic) bond motifs is 1. The van der Waals surface area contributed by atoms with E-state index in [2.05, 4.69) is 11.1 Å². The van der Waals surface area contributed by atoms with Crippen LogP contribution < -0.4 is 15.2 Å². The number of amides is 1. The normalized spacial score (nSPS) is 15.4. The molecule has 1 amide bonds. The highest BCUT2D eigenvalue weighted by Gasteiger charge is 2.30. The molecule has 0 saturated carbocycles. The maximum absolute atomic E-state index is 12.7. The Bertz CT molecular complexity index is 806. The Hall–Kier alpha value is -2.60. The lowest BCUT2D eigenvalue weighted by Crippen LogP contribution is -2.41. The van der Waals surface area contributed by atoms with Crippen molar-refractivity contribution in [2.75, 3.05) is 20.8 Å². The van der Waals surface area contributed by atoms with Gasteiger partial charge in [-0.25, -0.2) is 0 Å². The second-order valence-electron chi connectivity index (χ2n) is 7.36. The predicted molar refractivity (Wildman–Crippen MR) is 104 cm³/mol. The molecule has 2 aromatic rings. The van der Waals surface area contributed by atoms with E-state index in [1.54, 1.807) is 26.5 Å². The van der Waals surface area contributed by atoms with Crippen LogP contribution in [-0.4, -0.2) is 42.1 Å². The zero-order chi connectivity index (χ0) is 19.4. The SMILES string of the molecule is COc1cc2c(cc1OC)C(=O)N(CCC(C)(N)CCc1cccnc1)C2. The molecule has 0 saturated heterocycles. The number of methoxy groups -OCH3 is 2. The molecule has 1 atom stereocenters. The van der Waals surface area contributed by atoms with Gasteiger partial charge in [-0.2, -0.15) is 0 Å². The zero-order valence-corrected chi connectivity index (χ0v) is 16.2. The molecule has 1 aromatic heterocycles. The van der Waals surface area contributed by atoms with Crippen molar-refractivity contribution >= 4 is 5.91 Å². The third-order valence-corrected chi connectivity index (χ3v) is 5.15. The summed E-state index contributed by atoms with van der Waals surface area (Å²) in [4.78, 5) is 18.7. The monoisotopic (exact) mass is 369 g/mol. The van der Waals surface area contributed by atoms with Crippen molar-refractivity contribution in [1.29, 1.82) is 0 Å². The summed E-state index contributed by atoms with van der Waals surface area (Å²) < 4.78 is 10.7. The van der Waals surface area contributed by atoms with Gasteiger partial charge in [-0.3, -0.25) is 9.78 Å². The second-order valence-corrected chi connectivity index (χ2v) is 7.36. The van der Waals surface area contributed by atoms with E-state index in [9.17, 15) is 4.79 Å². The van der Waals surface area contributed by atoms with Gasteiger partial charge in [0.1, 0.15) is 0 Å². The van der Waals surface area contributed by atoms with Crippen molar-refractivity contribution in [3.63, 3.8) is 0 Å². The maximum Gasteiger partial charge on any atom is 0.254 e. The fourth-order valence-corrected chi connectivity index (χ4v) is 3.37. The predicted octanol–water partition coefficient (Wildman–Crippen LogP) is 2.79. The number of carbonyl (C=O) groups is 1. The van der Waals surface area contributed by atoms with Crippen molar-refractivity contribution in [2.24, 2.45) is 5.73 Å². The first-order valence-electron chi connectivity index (χ1n) is 9.15. The third-order valence-electron chi connectivity index (χ3n) is 5.15. The van der Waals surface area contributed by atoms with Crippen LogP contribution in [0.15, 0.2) is 36.7 Å². The first-order chi connectivity index (χ1) is 12.9. The van der Waals surface area contributed by atoms with Crippen LogP contribution in [0.5, 0.6) is 11.5 Å². The molecule has 27 heavy (non-hydrogen) atoms. The summed E-state index contributed by atoms with van der Waals surface area (Å²) in [6, 6.07) is 7.65. The Balaban J connectivity index is 1.60. The molecular weight excluding hydrogens is 342 g/mol. The van der Waals surface area contributed by atoms with E-state index in [0.29, 0.717) is 30.2 Å². The summed E-state index contributed by atoms with van der Waals surface area (Å²) in [5.41, 5.74) is 8.96. The van der Waals surface area contributed by atoms with Crippen molar-refractivity contribution in [3.05, 3.63) is 53.3 Å². The third kappa shape index (κ3) is 4.39. The van der Waals surface area contributed by atoms with Gasteiger partial charge >= 0.3 is 0 Å². The number of hydrogen-bond acceptors (Lipinski definition) is 5. The van der Waals surface area contributed by atoms with Gasteiger partial charge in [0.25, 0.3) is 5.91 Å². The van der Waals surface area contributed by atoms with Crippen LogP contribution in [0.25, 0.3) is 0 Å². The lowest BCUT2D eigenvalue weighted by Gasteiger charge is -2.27. The summed E-state index contributed by atoms with van der Waals surface area (Å²) in [5, 5.41) is 0. The van der Waals surface area contributed by atoms with E-state index in [1.807, 2.05) is 30.2 Å². The number of aromatic nitrogens is 1. The molecule has 1 aliphatic heterocycles. The van der Waals surface area contributed by atoms with Crippen LogP contribution in [0, 0.1) is 0 Å². The summed E-state index contributed by atoms with van der Waals surface area (Å²) in [7, 11) is 3.17. The standard InChI is InChI=1S/C21H27N3O3/c1-21(22,7-6-15-5-4-9-23-13-15)8-10-24-14-16-11-18(26-2)19(27-3)12-17(16)20(24)25/h4-5,9,11-13H,6-8,10,14,22H2,1-3H3. The van der Waals surface area contributed by atoms with Crippen molar-refractivity contribution in [1.82, 2.24) is 9.88 Å². The van der Waals surface area contributed by atoms with Crippen molar-refractivity contribution in [3.8, 4) is 11.5 Å². The molecule has 1 aromatic carbocycles. The smallest absolute Gasteiger partial charge is 0.254 e. The molecule has 144 valence electrons. The molecule has 3 rings (SSSR count). The number of nitrogens with zero attached hydrogens (tertiary/aromatic N) is 2. The number of hydrogen-bond donors (Lipinski definition) is 1. The van der Waals surface area contributed by atoms with Crippen molar-refractivity contribution in [2.45, 2.75) is 38.3 Å². The molecule has 0 radical (unpaired) electrons. The van der Waals surface area contributed by atoms with Crippen LogP contribution in [0.1, 0.15) is 41.3 Å². The van der Waals surface area contributed by atoms with E-state index in [-0.39, 0.29) is 11.4 Å². The van der Waals surface area contributed by atoms with Gasteiger partial charge < -0.3 is 20.1 Å². The number of aryl methyl sites for hydroxylation is 1. The van der Waals surface area contributed by atoms with Crippen molar-refractivity contribution < 1.29 is 14.3 Å². The topological polar surface area (TPSA) is 77.7 Å². The summed E-state index contributed by atoms with van der Waals surface area (Å²) in [5.74, 6) is 1.24. The minimum Gasteiger partial charge on any atom is -0.493 e. The molecule has 6 heteroatoms. The fourth-order valence-electron chi connectivity index (χ4n) is 3.37. The summed E-state index contributed by atoms with van der Waals surface area (Å²) in [6.07, 6.45) is 6.10. The summed E-state index contributed by atoms with van der Waals surface area (Å²) >= 11 is 0. The average molecular weight is 369 g/mol. The number of benzene rings is 1. The second kappa shape index (κ2) is 7.96. The highest BCUT2D eigenvalue weighted by Crippen LogP contribution is 2.35. The molecule has 1 unspecified atom stereocenters. The molecule has 1 aliphatic rings. The molecule has 2 N–H and O–H groups in total. The minimum atomic E-state index is -0.347. The minimum absolute atomic E-state index is 0.0222. The van der Waals surface area contributed by atoms with Gasteiger partial charge in [0.05, 0.1) is 14.2 Å². The number of nitrogens with two attached hydrogens (primary N) is 1. The van der Waals surface area contributed by atoms with Gasteiger partial charge in [0.15, 0.2) is 11.5 Å². The van der Waals surface area contributed by atoms with Crippen LogP contribution >= 0.6 is 0 Å². The highest BCUT2D eigenvalue weighted by molar-refractivity contribution is 5.99. The van der Waals surface area contributed by atoms with E-state index in [1.165, 1.54) is 5.56 Å². The number of carbonyl (C=O) groups excluding carboxylic acids is 1. The zero-order valence-electron chi connectivity index (χ0n) is 16.2. The lowest BCUT2D eigenvalue weighted by molar-refractivity contribution is 0.0766. The first-order valence-corrected chi connectivity index (χ1v) is 9.15. The molecule has 0 aliphatic carbocycles. The Kier molecular flexibility index (Phi) is 5.65. The number of pyridine rings is 1. The molecule has 6 nitrogen and oxygen atoms in total. The highest BCUT2D eigenvalue weighted by atomic mass is 16.5. The Morgan fingerprint density at radius 1 is 1.22 bits per heavy atom. The van der Waals surface area contributed by atoms with E-state index < -0.39 is 0 Å². The number of rotatable bonds is 8. The van der Waals surface area contributed by atoms with Crippen LogP contribution in [-0.2, 0) is 13.0 Å². The van der Waals surface area contributed by atoms with Crippen LogP contribution in [0.4, 0.5) is 0 Å². The molecular formula is C21H27N3O3. The van der Waals surface area contributed by atoms with Gasteiger partial charge in [-0.15, -0.1) is 0 Å². The Morgan fingerprint density at radius 3 is 2.63 bits per heavy atom. The van der Waals surface area contributed by atoms with Gasteiger partial charge in [-0.05, 0) is 55.5 Å². The molecule has 2 heterocycles. The number of ether oxygens (including phenoxy) is 2. The van der Waals surface area contributed by atoms with Crippen LogP contribution in [0.3, 0.4) is 0 Å². The van der Waals surface area contributed by atoms with Gasteiger partial charge in [0.2, 0.25) is 0 Å². The molecule has 0 bridgehead atoms. The largest absolute Gasteiger partial charge is 0.493 e. The molecule has 0 fully saturated rings. The maximum atomic E-state index is 12.7. The Labute approximate surface area is 160 Å². The summed E-state index contributed by atoms with van der Waals surface area (Å²) in [6.45, 7) is 3.24. The molecule has 0 spiro atoms. The van der Waals surface area contributed by atoms with Gasteiger partial charge in [-0.1, -0.05) is 6.07 Å². The van der Waals surface area contributed by atoms with Gasteiger partial charge in [0, 0.05) is 36.6 Å². The van der Waals surface area contributed by atoms with E-state index in [0.717, 1.165) is 24.8 Å². The Morgan fingerprint density at radius 2 is 1.96 bits per heavy atom.